The Morgan fingerprint density at radius 3 is 2.75 bits per heavy atom. The third-order valence-electron chi connectivity index (χ3n) is 3.38. The van der Waals surface area contributed by atoms with Crippen LogP contribution in [0.2, 0.25) is 0 Å². The highest BCUT2D eigenvalue weighted by Gasteiger charge is 2.08. The maximum Gasteiger partial charge on any atom is 0.134 e. The summed E-state index contributed by atoms with van der Waals surface area (Å²) < 4.78 is 6.94. The van der Waals surface area contributed by atoms with Gasteiger partial charge in [0.2, 0.25) is 0 Å². The van der Waals surface area contributed by atoms with Crippen molar-refractivity contribution in [2.45, 2.75) is 32.9 Å². The van der Waals surface area contributed by atoms with Crippen LogP contribution in [0.5, 0.6) is 0 Å². The quantitative estimate of drug-likeness (QED) is 0.840. The van der Waals surface area contributed by atoms with E-state index < -0.39 is 0 Å². The maximum absolute atomic E-state index is 9.15. The number of benzene rings is 1. The Morgan fingerprint density at radius 1 is 1.30 bits per heavy atom. The zero-order valence-corrected chi connectivity index (χ0v) is 13.4. The van der Waals surface area contributed by atoms with Crippen LogP contribution in [0.4, 0.5) is 0 Å². The van der Waals surface area contributed by atoms with E-state index in [4.69, 9.17) is 9.52 Å². The van der Waals surface area contributed by atoms with Crippen molar-refractivity contribution in [1.82, 2.24) is 5.32 Å². The summed E-state index contributed by atoms with van der Waals surface area (Å²) >= 11 is 3.50. The van der Waals surface area contributed by atoms with Gasteiger partial charge in [-0.1, -0.05) is 28.9 Å². The monoisotopic (exact) mass is 337 g/mol. The van der Waals surface area contributed by atoms with Crippen molar-refractivity contribution in [2.75, 3.05) is 6.61 Å². The Balaban J connectivity index is 2.06. The van der Waals surface area contributed by atoms with Crippen LogP contribution in [-0.2, 0) is 6.54 Å². The third kappa shape index (κ3) is 3.72. The molecule has 0 unspecified atom stereocenters. The van der Waals surface area contributed by atoms with E-state index in [1.807, 2.05) is 31.2 Å². The van der Waals surface area contributed by atoms with Crippen molar-refractivity contribution in [3.63, 3.8) is 0 Å². The molecule has 1 aromatic carbocycles. The highest BCUT2D eigenvalue weighted by Crippen LogP contribution is 2.26. The molecule has 0 radical (unpaired) electrons. The number of hydrogen-bond donors (Lipinski definition) is 2. The molecular weight excluding hydrogens is 318 g/mol. The minimum absolute atomic E-state index is 0.124. The maximum atomic E-state index is 9.15. The first-order chi connectivity index (χ1) is 9.63. The summed E-state index contributed by atoms with van der Waals surface area (Å²) in [5.74, 6) is 1.75. The standard InChI is InChI=1S/C16H20BrNO2/c1-3-13(10-19)18-9-14-5-7-16(20-14)12-4-6-15(17)11(2)8-12/h4-8,13,18-19H,3,9-10H2,1-2H3/t13-/m1/s1. The number of halogens is 1. The second-order valence-electron chi connectivity index (χ2n) is 4.90. The largest absolute Gasteiger partial charge is 0.460 e. The molecule has 2 N–H and O–H groups in total. The highest BCUT2D eigenvalue weighted by molar-refractivity contribution is 9.10. The first-order valence-electron chi connectivity index (χ1n) is 6.83. The van der Waals surface area contributed by atoms with Crippen molar-refractivity contribution in [3.05, 3.63) is 46.1 Å². The van der Waals surface area contributed by atoms with E-state index in [0.29, 0.717) is 6.54 Å². The van der Waals surface area contributed by atoms with Gasteiger partial charge in [-0.3, -0.25) is 0 Å². The molecule has 0 amide bonds. The molecule has 1 heterocycles. The number of aliphatic hydroxyl groups excluding tert-OH is 1. The molecule has 1 aromatic heterocycles. The topological polar surface area (TPSA) is 45.4 Å². The van der Waals surface area contributed by atoms with Crippen LogP contribution in [0.3, 0.4) is 0 Å². The average molecular weight is 338 g/mol. The van der Waals surface area contributed by atoms with E-state index >= 15 is 0 Å². The van der Waals surface area contributed by atoms with Crippen LogP contribution in [-0.4, -0.2) is 17.8 Å². The van der Waals surface area contributed by atoms with Gasteiger partial charge in [-0.2, -0.15) is 0 Å². The number of aliphatic hydroxyl groups is 1. The summed E-state index contributed by atoms with van der Waals surface area (Å²) in [5, 5.41) is 12.4. The molecule has 0 spiro atoms. The van der Waals surface area contributed by atoms with Crippen molar-refractivity contribution < 1.29 is 9.52 Å². The van der Waals surface area contributed by atoms with Gasteiger partial charge in [0.15, 0.2) is 0 Å². The zero-order chi connectivity index (χ0) is 14.5. The Labute approximate surface area is 128 Å². The summed E-state index contributed by atoms with van der Waals surface area (Å²) in [6, 6.07) is 10.3. The van der Waals surface area contributed by atoms with E-state index in [1.165, 1.54) is 5.56 Å². The molecule has 1 atom stereocenters. The smallest absolute Gasteiger partial charge is 0.134 e. The Bertz CT molecular complexity index is 561. The molecule has 0 saturated heterocycles. The fourth-order valence-electron chi connectivity index (χ4n) is 2.01. The molecular formula is C16H20BrNO2. The summed E-state index contributed by atoms with van der Waals surface area (Å²) in [4.78, 5) is 0. The molecule has 3 nitrogen and oxygen atoms in total. The summed E-state index contributed by atoms with van der Waals surface area (Å²) in [6.45, 7) is 4.89. The predicted octanol–water partition coefficient (Wildman–Crippen LogP) is 3.88. The fourth-order valence-corrected chi connectivity index (χ4v) is 2.26. The van der Waals surface area contributed by atoms with Gasteiger partial charge >= 0.3 is 0 Å². The van der Waals surface area contributed by atoms with E-state index in [-0.39, 0.29) is 12.6 Å². The lowest BCUT2D eigenvalue weighted by Gasteiger charge is -2.12. The molecule has 0 aliphatic heterocycles. The number of aryl methyl sites for hydroxylation is 1. The molecule has 2 aromatic rings. The van der Waals surface area contributed by atoms with Crippen molar-refractivity contribution in [1.29, 1.82) is 0 Å². The molecule has 0 bridgehead atoms. The third-order valence-corrected chi connectivity index (χ3v) is 4.27. The zero-order valence-electron chi connectivity index (χ0n) is 11.8. The minimum Gasteiger partial charge on any atom is -0.460 e. The molecule has 20 heavy (non-hydrogen) atoms. The fraction of sp³-hybridized carbons (Fsp3) is 0.375. The predicted molar refractivity (Wildman–Crippen MR) is 84.6 cm³/mol. The van der Waals surface area contributed by atoms with Crippen LogP contribution in [0.1, 0.15) is 24.7 Å². The van der Waals surface area contributed by atoms with Crippen molar-refractivity contribution in [3.8, 4) is 11.3 Å². The van der Waals surface area contributed by atoms with Crippen LogP contribution < -0.4 is 5.32 Å². The van der Waals surface area contributed by atoms with Gasteiger partial charge in [-0.15, -0.1) is 0 Å². The van der Waals surface area contributed by atoms with Gasteiger partial charge in [0.1, 0.15) is 11.5 Å². The molecule has 2 rings (SSSR count). The van der Waals surface area contributed by atoms with Gasteiger partial charge in [-0.05, 0) is 43.2 Å². The second-order valence-corrected chi connectivity index (χ2v) is 5.75. The van der Waals surface area contributed by atoms with Crippen LogP contribution >= 0.6 is 15.9 Å². The minimum atomic E-state index is 0.124. The summed E-state index contributed by atoms with van der Waals surface area (Å²) in [7, 11) is 0. The molecule has 0 saturated carbocycles. The van der Waals surface area contributed by atoms with Crippen molar-refractivity contribution >= 4 is 15.9 Å². The lowest BCUT2D eigenvalue weighted by molar-refractivity contribution is 0.235. The SMILES string of the molecule is CC[C@H](CO)NCc1ccc(-c2ccc(Br)c(C)c2)o1. The molecule has 4 heteroatoms. The van der Waals surface area contributed by atoms with E-state index in [9.17, 15) is 0 Å². The summed E-state index contributed by atoms with van der Waals surface area (Å²) in [5.41, 5.74) is 2.26. The van der Waals surface area contributed by atoms with Crippen LogP contribution in [0.25, 0.3) is 11.3 Å². The Kier molecular flexibility index (Phi) is 5.40. The molecule has 108 valence electrons. The Hall–Kier alpha value is -1.10. The molecule has 0 aliphatic carbocycles. The normalized spacial score (nSPS) is 12.6. The van der Waals surface area contributed by atoms with Crippen LogP contribution in [0, 0.1) is 6.92 Å². The molecule has 0 fully saturated rings. The van der Waals surface area contributed by atoms with Crippen molar-refractivity contribution in [2.24, 2.45) is 0 Å². The van der Waals surface area contributed by atoms with E-state index in [2.05, 4.69) is 34.2 Å². The van der Waals surface area contributed by atoms with Crippen LogP contribution in [0.15, 0.2) is 39.2 Å². The van der Waals surface area contributed by atoms with Gasteiger partial charge in [0.25, 0.3) is 0 Å². The first kappa shape index (κ1) is 15.3. The lowest BCUT2D eigenvalue weighted by Crippen LogP contribution is -2.30. The number of hydrogen-bond acceptors (Lipinski definition) is 3. The summed E-state index contributed by atoms with van der Waals surface area (Å²) in [6.07, 6.45) is 0.899. The number of furan rings is 1. The van der Waals surface area contributed by atoms with Gasteiger partial charge in [-0.25, -0.2) is 0 Å². The van der Waals surface area contributed by atoms with Gasteiger partial charge in [0, 0.05) is 16.1 Å². The lowest BCUT2D eigenvalue weighted by atomic mass is 10.1. The average Bonchev–Trinajstić information content (AvgIpc) is 2.92. The second kappa shape index (κ2) is 7.07. The van der Waals surface area contributed by atoms with Gasteiger partial charge < -0.3 is 14.8 Å². The van der Waals surface area contributed by atoms with Gasteiger partial charge in [0.05, 0.1) is 13.2 Å². The molecule has 0 aliphatic rings. The number of rotatable bonds is 6. The highest BCUT2D eigenvalue weighted by atomic mass is 79.9. The Morgan fingerprint density at radius 2 is 2.10 bits per heavy atom. The van der Waals surface area contributed by atoms with E-state index in [1.54, 1.807) is 0 Å². The first-order valence-corrected chi connectivity index (χ1v) is 7.62. The number of nitrogens with one attached hydrogen (secondary N) is 1. The van der Waals surface area contributed by atoms with E-state index in [0.717, 1.165) is 28.0 Å².